The summed E-state index contributed by atoms with van der Waals surface area (Å²) in [5.74, 6) is -0.375. The van der Waals surface area contributed by atoms with E-state index in [1.807, 2.05) is 24.3 Å². The highest BCUT2D eigenvalue weighted by Gasteiger charge is 2.05. The van der Waals surface area contributed by atoms with Crippen LogP contribution >= 0.6 is 15.9 Å². The maximum atomic E-state index is 11.3. The van der Waals surface area contributed by atoms with Crippen LogP contribution in [-0.4, -0.2) is 18.1 Å². The van der Waals surface area contributed by atoms with Crippen LogP contribution in [-0.2, 0) is 11.3 Å². The molecule has 0 fully saturated rings. The smallest absolute Gasteiger partial charge is 0.339 e. The summed E-state index contributed by atoms with van der Waals surface area (Å²) in [6.07, 6.45) is 1.52. The van der Waals surface area contributed by atoms with E-state index in [2.05, 4.69) is 31.0 Å². The molecule has 0 amide bonds. The van der Waals surface area contributed by atoms with Crippen molar-refractivity contribution < 1.29 is 9.53 Å². The van der Waals surface area contributed by atoms with E-state index in [1.165, 1.54) is 13.3 Å². The number of carbonyl (C=O) groups excluding carboxylic acids is 1. The van der Waals surface area contributed by atoms with Gasteiger partial charge in [-0.05, 0) is 36.4 Å². The second kappa shape index (κ2) is 6.33. The SMILES string of the molecule is COC(=O)c1ccc(CNc2ccc(Br)cc2)nc1. The molecule has 0 aliphatic rings. The Morgan fingerprint density at radius 1 is 1.26 bits per heavy atom. The summed E-state index contributed by atoms with van der Waals surface area (Å²) in [5.41, 5.74) is 2.33. The average Bonchev–Trinajstić information content (AvgIpc) is 2.46. The van der Waals surface area contributed by atoms with E-state index in [0.717, 1.165) is 15.9 Å². The highest BCUT2D eigenvalue weighted by atomic mass is 79.9. The first-order chi connectivity index (χ1) is 9.19. The molecule has 98 valence electrons. The van der Waals surface area contributed by atoms with Crippen LogP contribution in [0, 0.1) is 0 Å². The molecule has 0 saturated carbocycles. The molecule has 0 aliphatic heterocycles. The molecule has 0 bridgehead atoms. The first-order valence-corrected chi connectivity index (χ1v) is 6.51. The molecule has 0 unspecified atom stereocenters. The van der Waals surface area contributed by atoms with E-state index in [9.17, 15) is 4.79 Å². The monoisotopic (exact) mass is 320 g/mol. The largest absolute Gasteiger partial charge is 0.465 e. The zero-order valence-electron chi connectivity index (χ0n) is 10.4. The minimum atomic E-state index is -0.375. The lowest BCUT2D eigenvalue weighted by Crippen LogP contribution is -2.05. The Balaban J connectivity index is 1.96. The second-order valence-corrected chi connectivity index (χ2v) is 4.81. The Labute approximate surface area is 119 Å². The van der Waals surface area contributed by atoms with Gasteiger partial charge in [-0.2, -0.15) is 0 Å². The van der Waals surface area contributed by atoms with E-state index < -0.39 is 0 Å². The third-order valence-electron chi connectivity index (χ3n) is 2.56. The fraction of sp³-hybridized carbons (Fsp3) is 0.143. The van der Waals surface area contributed by atoms with Gasteiger partial charge in [-0.15, -0.1) is 0 Å². The van der Waals surface area contributed by atoms with Gasteiger partial charge in [0, 0.05) is 16.4 Å². The number of hydrogen-bond donors (Lipinski definition) is 1. The van der Waals surface area contributed by atoms with Crippen molar-refractivity contribution >= 4 is 27.6 Å². The highest BCUT2D eigenvalue weighted by molar-refractivity contribution is 9.10. The number of carbonyl (C=O) groups is 1. The fourth-order valence-electron chi connectivity index (χ4n) is 1.53. The van der Waals surface area contributed by atoms with Crippen molar-refractivity contribution in [2.75, 3.05) is 12.4 Å². The molecule has 1 N–H and O–H groups in total. The molecule has 2 aromatic rings. The zero-order chi connectivity index (χ0) is 13.7. The Morgan fingerprint density at radius 2 is 2.00 bits per heavy atom. The number of pyridine rings is 1. The van der Waals surface area contributed by atoms with Gasteiger partial charge in [0.15, 0.2) is 0 Å². The molecule has 4 nitrogen and oxygen atoms in total. The van der Waals surface area contributed by atoms with E-state index in [0.29, 0.717) is 12.1 Å². The summed E-state index contributed by atoms with van der Waals surface area (Å²) in [6.45, 7) is 0.600. The standard InChI is InChI=1S/C14H13BrN2O2/c1-19-14(18)10-2-5-13(16-8-10)9-17-12-6-3-11(15)4-7-12/h2-8,17H,9H2,1H3. The quantitative estimate of drug-likeness (QED) is 0.879. The van der Waals surface area contributed by atoms with Crippen LogP contribution in [0.3, 0.4) is 0 Å². The van der Waals surface area contributed by atoms with E-state index in [-0.39, 0.29) is 5.97 Å². The lowest BCUT2D eigenvalue weighted by Gasteiger charge is -2.06. The maximum Gasteiger partial charge on any atom is 0.339 e. The number of anilines is 1. The first kappa shape index (κ1) is 13.5. The third-order valence-corrected chi connectivity index (χ3v) is 3.09. The van der Waals surface area contributed by atoms with Gasteiger partial charge in [-0.25, -0.2) is 4.79 Å². The van der Waals surface area contributed by atoms with Crippen LogP contribution in [0.5, 0.6) is 0 Å². The first-order valence-electron chi connectivity index (χ1n) is 5.72. The Hall–Kier alpha value is -1.88. The number of esters is 1. The number of hydrogen-bond acceptors (Lipinski definition) is 4. The van der Waals surface area contributed by atoms with E-state index in [4.69, 9.17) is 0 Å². The maximum absolute atomic E-state index is 11.3. The van der Waals surface area contributed by atoms with Crippen LogP contribution in [0.4, 0.5) is 5.69 Å². The van der Waals surface area contributed by atoms with Crippen LogP contribution in [0.1, 0.15) is 16.1 Å². The minimum Gasteiger partial charge on any atom is -0.465 e. The molecular formula is C14H13BrN2O2. The number of nitrogens with one attached hydrogen (secondary N) is 1. The highest BCUT2D eigenvalue weighted by Crippen LogP contribution is 2.14. The summed E-state index contributed by atoms with van der Waals surface area (Å²) in [4.78, 5) is 15.5. The lowest BCUT2D eigenvalue weighted by atomic mass is 10.2. The van der Waals surface area contributed by atoms with Crippen molar-refractivity contribution in [2.45, 2.75) is 6.54 Å². The summed E-state index contributed by atoms with van der Waals surface area (Å²) in [7, 11) is 1.35. The van der Waals surface area contributed by atoms with Gasteiger partial charge in [-0.1, -0.05) is 15.9 Å². The summed E-state index contributed by atoms with van der Waals surface area (Å²) in [6, 6.07) is 11.4. The molecule has 1 heterocycles. The number of methoxy groups -OCH3 is 1. The van der Waals surface area contributed by atoms with Crippen molar-refractivity contribution in [3.8, 4) is 0 Å². The number of nitrogens with zero attached hydrogens (tertiary/aromatic N) is 1. The molecule has 0 saturated heterocycles. The third kappa shape index (κ3) is 3.79. The van der Waals surface area contributed by atoms with Crippen molar-refractivity contribution in [3.05, 3.63) is 58.3 Å². The fourth-order valence-corrected chi connectivity index (χ4v) is 1.79. The molecule has 19 heavy (non-hydrogen) atoms. The van der Waals surface area contributed by atoms with Gasteiger partial charge in [0.25, 0.3) is 0 Å². The molecule has 0 atom stereocenters. The van der Waals surface area contributed by atoms with Crippen molar-refractivity contribution in [1.29, 1.82) is 0 Å². The number of aromatic nitrogens is 1. The average molecular weight is 321 g/mol. The molecule has 2 rings (SSSR count). The van der Waals surface area contributed by atoms with E-state index >= 15 is 0 Å². The molecule has 5 heteroatoms. The Kier molecular flexibility index (Phi) is 4.52. The van der Waals surface area contributed by atoms with Gasteiger partial charge < -0.3 is 10.1 Å². The van der Waals surface area contributed by atoms with Gasteiger partial charge in [-0.3, -0.25) is 4.98 Å². The zero-order valence-corrected chi connectivity index (χ0v) is 12.0. The summed E-state index contributed by atoms with van der Waals surface area (Å²) in [5, 5.41) is 3.25. The van der Waals surface area contributed by atoms with Crippen molar-refractivity contribution in [2.24, 2.45) is 0 Å². The molecule has 0 radical (unpaired) electrons. The van der Waals surface area contributed by atoms with Crippen LogP contribution in [0.2, 0.25) is 0 Å². The molecular weight excluding hydrogens is 308 g/mol. The molecule has 1 aromatic carbocycles. The second-order valence-electron chi connectivity index (χ2n) is 3.89. The predicted molar refractivity (Wildman–Crippen MR) is 77.0 cm³/mol. The van der Waals surface area contributed by atoms with Crippen LogP contribution < -0.4 is 5.32 Å². The number of halogens is 1. The number of rotatable bonds is 4. The molecule has 0 aliphatic carbocycles. The van der Waals surface area contributed by atoms with Gasteiger partial charge in [0.1, 0.15) is 0 Å². The summed E-state index contributed by atoms with van der Waals surface area (Å²) < 4.78 is 5.66. The van der Waals surface area contributed by atoms with Gasteiger partial charge in [0.05, 0.1) is 24.9 Å². The van der Waals surface area contributed by atoms with Crippen molar-refractivity contribution in [1.82, 2.24) is 4.98 Å². The molecule has 1 aromatic heterocycles. The lowest BCUT2D eigenvalue weighted by molar-refractivity contribution is 0.0600. The Bertz CT molecular complexity index is 553. The topological polar surface area (TPSA) is 51.2 Å². The molecule has 0 spiro atoms. The minimum absolute atomic E-state index is 0.375. The normalized spacial score (nSPS) is 10.0. The van der Waals surface area contributed by atoms with Gasteiger partial charge in [0.2, 0.25) is 0 Å². The Morgan fingerprint density at radius 3 is 2.58 bits per heavy atom. The van der Waals surface area contributed by atoms with E-state index in [1.54, 1.807) is 12.1 Å². The van der Waals surface area contributed by atoms with Crippen LogP contribution in [0.25, 0.3) is 0 Å². The number of ether oxygens (including phenoxy) is 1. The summed E-state index contributed by atoms with van der Waals surface area (Å²) >= 11 is 3.39. The van der Waals surface area contributed by atoms with Crippen LogP contribution in [0.15, 0.2) is 47.1 Å². The van der Waals surface area contributed by atoms with Gasteiger partial charge >= 0.3 is 5.97 Å². The number of benzene rings is 1. The predicted octanol–water partition coefficient (Wildman–Crippen LogP) is 3.24. The van der Waals surface area contributed by atoms with Crippen molar-refractivity contribution in [3.63, 3.8) is 0 Å².